The predicted octanol–water partition coefficient (Wildman–Crippen LogP) is 3.70. The summed E-state index contributed by atoms with van der Waals surface area (Å²) in [5.41, 5.74) is 4.29. The second-order valence-electron chi connectivity index (χ2n) is 5.65. The lowest BCUT2D eigenvalue weighted by molar-refractivity contribution is -0.116. The molecule has 0 spiro atoms. The van der Waals surface area contributed by atoms with Gasteiger partial charge in [0.05, 0.1) is 6.54 Å². The van der Waals surface area contributed by atoms with Crippen molar-refractivity contribution in [2.75, 3.05) is 22.5 Å². The van der Waals surface area contributed by atoms with Gasteiger partial charge in [-0.3, -0.25) is 9.59 Å². The Morgan fingerprint density at radius 3 is 2.17 bits per heavy atom. The van der Waals surface area contributed by atoms with Crippen LogP contribution in [0, 0.1) is 13.8 Å². The summed E-state index contributed by atoms with van der Waals surface area (Å²) in [6.07, 6.45) is 0.413. The topological polar surface area (TPSA) is 70.2 Å². The molecule has 0 bridgehead atoms. The predicted molar refractivity (Wildman–Crippen MR) is 98.4 cm³/mol. The maximum atomic E-state index is 12.2. The van der Waals surface area contributed by atoms with E-state index in [1.54, 1.807) is 6.92 Å². The fourth-order valence-electron chi connectivity index (χ4n) is 2.28. The average molecular weight is 325 g/mol. The van der Waals surface area contributed by atoms with Crippen molar-refractivity contribution < 1.29 is 9.59 Å². The molecule has 0 heterocycles. The standard InChI is InChI=1S/C19H23N3O2/c1-4-18(23)21-16-9-6-10-17(14(16)3)22-19(24)12-20-15-8-5-7-13(2)11-15/h5-11,20H,4,12H2,1-3H3,(H,21,23)(H,22,24). The number of carbonyl (C=O) groups excluding carboxylic acids is 2. The molecule has 0 aliphatic heterocycles. The SMILES string of the molecule is CCC(=O)Nc1cccc(NC(=O)CNc2cccc(C)c2)c1C. The number of amides is 2. The van der Waals surface area contributed by atoms with Crippen LogP contribution < -0.4 is 16.0 Å². The molecule has 0 atom stereocenters. The van der Waals surface area contributed by atoms with Crippen LogP contribution in [0.25, 0.3) is 0 Å². The largest absolute Gasteiger partial charge is 0.376 e. The van der Waals surface area contributed by atoms with Crippen LogP contribution in [0.1, 0.15) is 24.5 Å². The molecule has 0 saturated heterocycles. The third-order valence-electron chi connectivity index (χ3n) is 3.67. The molecule has 0 aromatic heterocycles. The van der Waals surface area contributed by atoms with Crippen LogP contribution in [-0.4, -0.2) is 18.4 Å². The van der Waals surface area contributed by atoms with Crippen LogP contribution >= 0.6 is 0 Å². The zero-order valence-electron chi connectivity index (χ0n) is 14.3. The van der Waals surface area contributed by atoms with Gasteiger partial charge in [-0.15, -0.1) is 0 Å². The minimum atomic E-state index is -0.140. The van der Waals surface area contributed by atoms with Crippen LogP contribution in [0.2, 0.25) is 0 Å². The molecule has 2 aromatic rings. The van der Waals surface area contributed by atoms with Crippen molar-refractivity contribution in [3.63, 3.8) is 0 Å². The third-order valence-corrected chi connectivity index (χ3v) is 3.67. The minimum Gasteiger partial charge on any atom is -0.376 e. The summed E-state index contributed by atoms with van der Waals surface area (Å²) in [7, 11) is 0. The van der Waals surface area contributed by atoms with E-state index in [-0.39, 0.29) is 18.4 Å². The Bertz CT molecular complexity index is 741. The molecule has 126 valence electrons. The molecule has 0 unspecified atom stereocenters. The fraction of sp³-hybridized carbons (Fsp3) is 0.263. The Labute approximate surface area is 142 Å². The lowest BCUT2D eigenvalue weighted by atomic mass is 10.1. The van der Waals surface area contributed by atoms with Crippen molar-refractivity contribution in [3.05, 3.63) is 53.6 Å². The first-order chi connectivity index (χ1) is 11.5. The highest BCUT2D eigenvalue weighted by Crippen LogP contribution is 2.23. The summed E-state index contributed by atoms with van der Waals surface area (Å²) >= 11 is 0. The Kier molecular flexibility index (Phi) is 5.95. The maximum Gasteiger partial charge on any atom is 0.243 e. The molecule has 0 radical (unpaired) electrons. The van der Waals surface area contributed by atoms with Gasteiger partial charge >= 0.3 is 0 Å². The Morgan fingerprint density at radius 2 is 1.54 bits per heavy atom. The number of hydrogen-bond donors (Lipinski definition) is 3. The van der Waals surface area contributed by atoms with E-state index in [9.17, 15) is 9.59 Å². The smallest absolute Gasteiger partial charge is 0.243 e. The number of benzene rings is 2. The maximum absolute atomic E-state index is 12.2. The van der Waals surface area contributed by atoms with Gasteiger partial charge in [0.1, 0.15) is 0 Å². The van der Waals surface area contributed by atoms with Crippen LogP contribution in [0.3, 0.4) is 0 Å². The van der Waals surface area contributed by atoms with E-state index in [0.717, 1.165) is 16.8 Å². The van der Waals surface area contributed by atoms with Crippen molar-refractivity contribution in [2.45, 2.75) is 27.2 Å². The number of hydrogen-bond acceptors (Lipinski definition) is 3. The molecular weight excluding hydrogens is 302 g/mol. The Hall–Kier alpha value is -2.82. The van der Waals surface area contributed by atoms with Gasteiger partial charge in [-0.1, -0.05) is 25.1 Å². The van der Waals surface area contributed by atoms with Crippen LogP contribution in [0.4, 0.5) is 17.1 Å². The monoisotopic (exact) mass is 325 g/mol. The molecule has 2 rings (SSSR count). The van der Waals surface area contributed by atoms with E-state index in [2.05, 4.69) is 16.0 Å². The molecule has 5 heteroatoms. The van der Waals surface area contributed by atoms with E-state index in [4.69, 9.17) is 0 Å². The molecule has 2 aromatic carbocycles. The molecule has 0 aliphatic carbocycles. The summed E-state index contributed by atoms with van der Waals surface area (Å²) in [6, 6.07) is 13.3. The zero-order valence-corrected chi connectivity index (χ0v) is 14.3. The van der Waals surface area contributed by atoms with E-state index in [0.29, 0.717) is 17.8 Å². The summed E-state index contributed by atoms with van der Waals surface area (Å²) in [6.45, 7) is 5.85. The van der Waals surface area contributed by atoms with Gasteiger partial charge in [0, 0.05) is 23.5 Å². The van der Waals surface area contributed by atoms with E-state index in [1.807, 2.05) is 56.3 Å². The molecule has 2 amide bonds. The molecule has 3 N–H and O–H groups in total. The van der Waals surface area contributed by atoms with E-state index in [1.165, 1.54) is 0 Å². The molecule has 0 fully saturated rings. The van der Waals surface area contributed by atoms with Crippen molar-refractivity contribution in [1.29, 1.82) is 0 Å². The summed E-state index contributed by atoms with van der Waals surface area (Å²) < 4.78 is 0. The number of aryl methyl sites for hydroxylation is 1. The van der Waals surface area contributed by atoms with E-state index < -0.39 is 0 Å². The third kappa shape index (κ3) is 4.84. The van der Waals surface area contributed by atoms with Crippen LogP contribution in [0.5, 0.6) is 0 Å². The van der Waals surface area contributed by atoms with Gasteiger partial charge < -0.3 is 16.0 Å². The van der Waals surface area contributed by atoms with E-state index >= 15 is 0 Å². The van der Waals surface area contributed by atoms with Crippen LogP contribution in [-0.2, 0) is 9.59 Å². The van der Waals surface area contributed by atoms with Crippen molar-refractivity contribution in [1.82, 2.24) is 0 Å². The minimum absolute atomic E-state index is 0.0531. The van der Waals surface area contributed by atoms with Gasteiger partial charge in [-0.25, -0.2) is 0 Å². The lowest BCUT2D eigenvalue weighted by Gasteiger charge is -2.14. The van der Waals surface area contributed by atoms with Gasteiger partial charge in [-0.05, 0) is 49.2 Å². The number of carbonyl (C=O) groups is 2. The molecule has 5 nitrogen and oxygen atoms in total. The van der Waals surface area contributed by atoms with Gasteiger partial charge in [-0.2, -0.15) is 0 Å². The zero-order chi connectivity index (χ0) is 17.5. The molecule has 0 aliphatic rings. The number of rotatable bonds is 6. The molecule has 24 heavy (non-hydrogen) atoms. The quantitative estimate of drug-likeness (QED) is 0.758. The Balaban J connectivity index is 1.98. The molecule has 0 saturated carbocycles. The fourth-order valence-corrected chi connectivity index (χ4v) is 2.28. The second kappa shape index (κ2) is 8.15. The average Bonchev–Trinajstić information content (AvgIpc) is 2.56. The normalized spacial score (nSPS) is 10.1. The summed E-state index contributed by atoms with van der Waals surface area (Å²) in [5, 5.41) is 8.80. The van der Waals surface area contributed by atoms with Crippen molar-refractivity contribution in [2.24, 2.45) is 0 Å². The van der Waals surface area contributed by atoms with Crippen molar-refractivity contribution >= 4 is 28.9 Å². The van der Waals surface area contributed by atoms with Gasteiger partial charge in [0.2, 0.25) is 11.8 Å². The highest BCUT2D eigenvalue weighted by atomic mass is 16.2. The highest BCUT2D eigenvalue weighted by molar-refractivity contribution is 5.97. The number of anilines is 3. The first-order valence-electron chi connectivity index (χ1n) is 7.99. The molecular formula is C19H23N3O2. The number of nitrogens with one attached hydrogen (secondary N) is 3. The van der Waals surface area contributed by atoms with Crippen molar-refractivity contribution in [3.8, 4) is 0 Å². The summed E-state index contributed by atoms with van der Waals surface area (Å²) in [5.74, 6) is -0.193. The first-order valence-corrected chi connectivity index (χ1v) is 7.99. The van der Waals surface area contributed by atoms with Gasteiger partial charge in [0.15, 0.2) is 0 Å². The summed E-state index contributed by atoms with van der Waals surface area (Å²) in [4.78, 5) is 23.7. The Morgan fingerprint density at radius 1 is 0.917 bits per heavy atom. The highest BCUT2D eigenvalue weighted by Gasteiger charge is 2.09. The second-order valence-corrected chi connectivity index (χ2v) is 5.65. The first kappa shape index (κ1) is 17.5. The van der Waals surface area contributed by atoms with Crippen LogP contribution in [0.15, 0.2) is 42.5 Å². The van der Waals surface area contributed by atoms with Gasteiger partial charge in [0.25, 0.3) is 0 Å². The lowest BCUT2D eigenvalue weighted by Crippen LogP contribution is -2.22.